The topological polar surface area (TPSA) is 33.8 Å². The molecule has 12 aromatic carbocycles. The molecule has 5 nitrogen and oxygen atoms in total. The standard InChI is InChI=1S/C80H62BN3O2/c1-79(2,3)55-35-37-58(38-36-55)84-72-50-67-66(77(52-22-9-7-10-23-52)86-78(67)53-24-11-8-12-25-53)49-69(72)81-68-44-43-61(48-74(68)85-75-47-56(80(4,5)6)46-73(84)76(75)81)82(60-28-19-27-54(45-60)63-32-20-26-51-21-13-14-29-62(51)63)57-39-41-59(42-40-57)83-70-33-17-15-30-64(70)65-31-16-18-34-71(65)83/h7-50H,1-6H3. The lowest BCUT2D eigenvalue weighted by molar-refractivity contribution is 0.483. The van der Waals surface area contributed by atoms with E-state index in [2.05, 4.69) is 323 Å². The molecule has 16 rings (SSSR count). The largest absolute Gasteiger partial charge is 0.458 e. The fourth-order valence-corrected chi connectivity index (χ4v) is 13.6. The molecule has 6 heteroatoms. The van der Waals surface area contributed by atoms with E-state index in [4.69, 9.17) is 9.15 Å². The molecule has 0 aliphatic carbocycles. The van der Waals surface area contributed by atoms with Gasteiger partial charge in [0.05, 0.1) is 11.0 Å². The minimum atomic E-state index is -0.203. The number of ether oxygens (including phenoxy) is 1. The Morgan fingerprint density at radius 2 is 0.930 bits per heavy atom. The SMILES string of the molecule is CC(C)(C)c1ccc(N2c3cc4c(-c5ccccc5)oc(-c5ccccc5)c4cc3B3c4ccc(N(c5ccc(-n6c7ccccc7c7ccccc76)cc5)c5cccc(-c6cccc7ccccc67)c5)cc4Oc4cc(C(C)(C)C)cc2c43)cc1. The summed E-state index contributed by atoms with van der Waals surface area (Å²) in [4.78, 5) is 4.89. The van der Waals surface area contributed by atoms with Gasteiger partial charge in [-0.25, -0.2) is 0 Å². The summed E-state index contributed by atoms with van der Waals surface area (Å²) in [5.41, 5.74) is 19.9. The van der Waals surface area contributed by atoms with Crippen molar-refractivity contribution in [2.75, 3.05) is 9.80 Å². The van der Waals surface area contributed by atoms with Crippen molar-refractivity contribution in [1.82, 2.24) is 4.57 Å². The van der Waals surface area contributed by atoms with Crippen molar-refractivity contribution in [3.05, 3.63) is 278 Å². The molecule has 0 N–H and O–H groups in total. The van der Waals surface area contributed by atoms with Gasteiger partial charge in [-0.1, -0.05) is 217 Å². The minimum Gasteiger partial charge on any atom is -0.458 e. The van der Waals surface area contributed by atoms with Crippen molar-refractivity contribution in [2.24, 2.45) is 0 Å². The van der Waals surface area contributed by atoms with Gasteiger partial charge < -0.3 is 23.5 Å². The summed E-state index contributed by atoms with van der Waals surface area (Å²) < 4.78 is 17.1. The van der Waals surface area contributed by atoms with Crippen LogP contribution in [0, 0.1) is 0 Å². The van der Waals surface area contributed by atoms with Gasteiger partial charge >= 0.3 is 0 Å². The minimum absolute atomic E-state index is 0.0153. The zero-order chi connectivity index (χ0) is 58.0. The Balaban J connectivity index is 0.918. The predicted molar refractivity (Wildman–Crippen MR) is 362 cm³/mol. The Bertz CT molecular complexity index is 4930. The summed E-state index contributed by atoms with van der Waals surface area (Å²) >= 11 is 0. The molecule has 412 valence electrons. The van der Waals surface area contributed by atoms with Crippen LogP contribution < -0.4 is 30.9 Å². The van der Waals surface area contributed by atoms with Crippen LogP contribution in [0.15, 0.2) is 271 Å². The van der Waals surface area contributed by atoms with Gasteiger partial charge in [0.1, 0.15) is 23.0 Å². The highest BCUT2D eigenvalue weighted by atomic mass is 16.5. The Hall–Kier alpha value is -10.3. The van der Waals surface area contributed by atoms with Crippen molar-refractivity contribution in [3.63, 3.8) is 0 Å². The lowest BCUT2D eigenvalue weighted by Crippen LogP contribution is -2.59. The number of fused-ring (bicyclic) bond motifs is 9. The molecule has 0 spiro atoms. The van der Waals surface area contributed by atoms with E-state index in [9.17, 15) is 0 Å². The Kier molecular flexibility index (Phi) is 11.7. The molecule has 2 aliphatic heterocycles. The molecule has 0 bridgehead atoms. The molecule has 0 amide bonds. The third-order valence-corrected chi connectivity index (χ3v) is 17.9. The van der Waals surface area contributed by atoms with E-state index in [1.807, 2.05) is 0 Å². The van der Waals surface area contributed by atoms with Crippen LogP contribution in [0.1, 0.15) is 52.7 Å². The third kappa shape index (κ3) is 8.37. The lowest BCUT2D eigenvalue weighted by atomic mass is 9.34. The van der Waals surface area contributed by atoms with Gasteiger partial charge in [-0.05, 0) is 145 Å². The fourth-order valence-electron chi connectivity index (χ4n) is 13.6. The van der Waals surface area contributed by atoms with Gasteiger partial charge in [-0.2, -0.15) is 0 Å². The Labute approximate surface area is 502 Å². The summed E-state index contributed by atoms with van der Waals surface area (Å²) in [6.07, 6.45) is 0. The van der Waals surface area contributed by atoms with E-state index in [-0.39, 0.29) is 17.5 Å². The molecule has 0 atom stereocenters. The maximum absolute atomic E-state index is 7.54. The maximum atomic E-state index is 7.54. The highest BCUT2D eigenvalue weighted by Crippen LogP contribution is 2.49. The van der Waals surface area contributed by atoms with Gasteiger partial charge in [0.15, 0.2) is 0 Å². The first-order valence-corrected chi connectivity index (χ1v) is 30.0. The number of para-hydroxylation sites is 2. The molecular weight excluding hydrogens is 1050 g/mol. The van der Waals surface area contributed by atoms with Gasteiger partial charge in [0, 0.05) is 78.5 Å². The van der Waals surface area contributed by atoms with Crippen LogP contribution in [0.4, 0.5) is 34.1 Å². The normalized spacial score (nSPS) is 12.8. The number of hydrogen-bond donors (Lipinski definition) is 0. The summed E-state index contributed by atoms with van der Waals surface area (Å²) in [5, 5.41) is 7.04. The summed E-state index contributed by atoms with van der Waals surface area (Å²) in [6.45, 7) is 13.6. The third-order valence-electron chi connectivity index (χ3n) is 17.9. The van der Waals surface area contributed by atoms with Gasteiger partial charge in [-0.15, -0.1) is 0 Å². The molecule has 2 aromatic heterocycles. The number of hydrogen-bond acceptors (Lipinski definition) is 4. The summed E-state index contributed by atoms with van der Waals surface area (Å²) in [7, 11) is 0. The van der Waals surface area contributed by atoms with Gasteiger partial charge in [0.2, 0.25) is 0 Å². The van der Waals surface area contributed by atoms with Crippen molar-refractivity contribution in [2.45, 2.75) is 52.4 Å². The molecule has 0 saturated carbocycles. The average Bonchev–Trinajstić information content (AvgIpc) is 0.993. The van der Waals surface area contributed by atoms with E-state index in [0.29, 0.717) is 0 Å². The monoisotopic (exact) mass is 1110 g/mol. The molecule has 4 heterocycles. The van der Waals surface area contributed by atoms with Crippen LogP contribution in [0.3, 0.4) is 0 Å². The van der Waals surface area contributed by atoms with E-state index < -0.39 is 0 Å². The average molecular weight is 1110 g/mol. The quantitative estimate of drug-likeness (QED) is 0.142. The highest BCUT2D eigenvalue weighted by molar-refractivity contribution is 6.99. The maximum Gasteiger partial charge on any atom is 0.256 e. The van der Waals surface area contributed by atoms with Crippen LogP contribution in [0.2, 0.25) is 0 Å². The number of benzene rings is 12. The molecule has 2 aliphatic rings. The van der Waals surface area contributed by atoms with Gasteiger partial charge in [-0.3, -0.25) is 0 Å². The van der Waals surface area contributed by atoms with E-state index in [1.54, 1.807) is 0 Å². The molecule has 0 radical (unpaired) electrons. The first-order chi connectivity index (χ1) is 41.9. The first-order valence-electron chi connectivity index (χ1n) is 30.0. The molecule has 86 heavy (non-hydrogen) atoms. The summed E-state index contributed by atoms with van der Waals surface area (Å²) in [5.74, 6) is 3.39. The number of anilines is 6. The molecular formula is C80H62BN3O2. The van der Waals surface area contributed by atoms with Crippen molar-refractivity contribution in [1.29, 1.82) is 0 Å². The van der Waals surface area contributed by atoms with E-state index >= 15 is 0 Å². The van der Waals surface area contributed by atoms with Crippen LogP contribution in [-0.4, -0.2) is 11.3 Å². The van der Waals surface area contributed by atoms with Crippen LogP contribution in [-0.2, 0) is 10.8 Å². The second-order valence-electron chi connectivity index (χ2n) is 25.3. The molecule has 0 saturated heterocycles. The fraction of sp³-hybridized carbons (Fsp3) is 0.100. The number of furan rings is 1. The number of aromatic nitrogens is 1. The van der Waals surface area contributed by atoms with Crippen LogP contribution >= 0.6 is 0 Å². The molecule has 0 fully saturated rings. The second-order valence-corrected chi connectivity index (χ2v) is 25.3. The van der Waals surface area contributed by atoms with E-state index in [0.717, 1.165) is 101 Å². The van der Waals surface area contributed by atoms with Crippen LogP contribution in [0.5, 0.6) is 11.5 Å². The Morgan fingerprint density at radius 1 is 0.372 bits per heavy atom. The molecule has 14 aromatic rings. The second kappa shape index (κ2) is 19.7. The number of nitrogens with zero attached hydrogens (tertiary/aromatic N) is 3. The van der Waals surface area contributed by atoms with E-state index in [1.165, 1.54) is 54.7 Å². The van der Waals surface area contributed by atoms with Gasteiger partial charge in [0.25, 0.3) is 6.71 Å². The molecule has 0 unspecified atom stereocenters. The predicted octanol–water partition coefficient (Wildman–Crippen LogP) is 20.2. The Morgan fingerprint density at radius 3 is 1.60 bits per heavy atom. The lowest BCUT2D eigenvalue weighted by Gasteiger charge is -2.41. The first kappa shape index (κ1) is 51.4. The van der Waals surface area contributed by atoms with Crippen LogP contribution in [0.25, 0.3) is 82.8 Å². The number of rotatable bonds is 8. The summed E-state index contributed by atoms with van der Waals surface area (Å²) in [6, 6.07) is 97.6. The highest BCUT2D eigenvalue weighted by Gasteiger charge is 2.44. The van der Waals surface area contributed by atoms with Crippen molar-refractivity contribution >= 4 is 101 Å². The smallest absolute Gasteiger partial charge is 0.256 e. The zero-order valence-electron chi connectivity index (χ0n) is 49.1. The van der Waals surface area contributed by atoms with Crippen molar-refractivity contribution in [3.8, 4) is 51.0 Å². The zero-order valence-corrected chi connectivity index (χ0v) is 49.1. The van der Waals surface area contributed by atoms with Crippen molar-refractivity contribution < 1.29 is 9.15 Å².